The summed E-state index contributed by atoms with van der Waals surface area (Å²) in [6.45, 7) is 1.83. The van der Waals surface area contributed by atoms with Gasteiger partial charge in [0.25, 0.3) is 0 Å². The Bertz CT molecular complexity index is 1090. The molecular weight excluding hydrogens is 326 g/mol. The third-order valence-electron chi connectivity index (χ3n) is 4.01. The second-order valence-corrected chi connectivity index (χ2v) is 5.91. The lowest BCUT2D eigenvalue weighted by Crippen LogP contribution is -2.30. The lowest BCUT2D eigenvalue weighted by molar-refractivity contribution is 0.776. The van der Waals surface area contributed by atoms with Crippen molar-refractivity contribution in [2.45, 2.75) is 13.3 Å². The van der Waals surface area contributed by atoms with Gasteiger partial charge >= 0.3 is 0 Å². The van der Waals surface area contributed by atoms with Crippen LogP contribution in [0, 0.1) is 23.2 Å². The van der Waals surface area contributed by atoms with E-state index < -0.39 is 0 Å². The number of aromatic nitrogens is 3. The van der Waals surface area contributed by atoms with Gasteiger partial charge < -0.3 is 11.1 Å². The highest BCUT2D eigenvalue weighted by Crippen LogP contribution is 2.19. The smallest absolute Gasteiger partial charge is 0.148 e. The van der Waals surface area contributed by atoms with E-state index in [-0.39, 0.29) is 11.3 Å². The van der Waals surface area contributed by atoms with Gasteiger partial charge in [0.1, 0.15) is 11.3 Å². The first-order valence-corrected chi connectivity index (χ1v) is 8.02. The Hall–Kier alpha value is -3.61. The molecule has 0 spiro atoms. The van der Waals surface area contributed by atoms with Crippen LogP contribution in [0.1, 0.15) is 16.8 Å². The van der Waals surface area contributed by atoms with E-state index in [0.29, 0.717) is 12.0 Å². The maximum absolute atomic E-state index is 8.29. The van der Waals surface area contributed by atoms with Gasteiger partial charge in [0, 0.05) is 41.6 Å². The molecule has 0 bridgehead atoms. The van der Waals surface area contributed by atoms with Crippen molar-refractivity contribution in [2.75, 3.05) is 0 Å². The van der Waals surface area contributed by atoms with Crippen LogP contribution in [0.3, 0.4) is 0 Å². The minimum atomic E-state index is 0.175. The number of aryl methyl sites for hydroxylation is 1. The molecule has 3 aromatic rings. The maximum atomic E-state index is 8.29. The van der Waals surface area contributed by atoms with Crippen molar-refractivity contribution in [3.05, 3.63) is 71.1 Å². The van der Waals surface area contributed by atoms with Crippen LogP contribution in [-0.4, -0.2) is 26.8 Å². The lowest BCUT2D eigenvalue weighted by Gasteiger charge is -2.09. The van der Waals surface area contributed by atoms with Gasteiger partial charge in [-0.1, -0.05) is 6.07 Å². The van der Waals surface area contributed by atoms with E-state index in [2.05, 4.69) is 10.1 Å². The number of benzene rings is 1. The van der Waals surface area contributed by atoms with Crippen molar-refractivity contribution in [1.29, 1.82) is 16.2 Å². The Morgan fingerprint density at radius 1 is 1.23 bits per heavy atom. The number of nitrogens with zero attached hydrogens (tertiary/aromatic N) is 3. The van der Waals surface area contributed by atoms with Crippen molar-refractivity contribution in [3.63, 3.8) is 0 Å². The van der Waals surface area contributed by atoms with Crippen LogP contribution in [0.4, 0.5) is 0 Å². The fourth-order valence-electron chi connectivity index (χ4n) is 2.67. The minimum Gasteiger partial charge on any atom is -0.404 e. The second kappa shape index (κ2) is 7.10. The van der Waals surface area contributed by atoms with Crippen molar-refractivity contribution in [3.8, 4) is 0 Å². The predicted octanol–water partition coefficient (Wildman–Crippen LogP) is 2.24. The van der Waals surface area contributed by atoms with Gasteiger partial charge in [-0.15, -0.1) is 0 Å². The Balaban J connectivity index is 1.95. The average molecular weight is 345 g/mol. The Morgan fingerprint density at radius 2 is 2.04 bits per heavy atom. The quantitative estimate of drug-likeness (QED) is 0.427. The Kier molecular flexibility index (Phi) is 4.70. The fourth-order valence-corrected chi connectivity index (χ4v) is 2.67. The molecule has 3 rings (SSSR count). The first kappa shape index (κ1) is 17.2. The molecule has 5 N–H and O–H groups in total. The molecule has 26 heavy (non-hydrogen) atoms. The van der Waals surface area contributed by atoms with Crippen molar-refractivity contribution in [2.24, 2.45) is 5.73 Å². The topological polar surface area (TPSA) is 128 Å². The summed E-state index contributed by atoms with van der Waals surface area (Å²) in [6.07, 6.45) is 4.60. The zero-order valence-corrected chi connectivity index (χ0v) is 14.3. The summed E-state index contributed by atoms with van der Waals surface area (Å²) in [7, 11) is 0. The molecule has 2 aromatic heterocycles. The van der Waals surface area contributed by atoms with E-state index in [4.69, 9.17) is 22.0 Å². The number of nitrogens with one attached hydrogen (secondary N) is 3. The van der Waals surface area contributed by atoms with Gasteiger partial charge in [-0.3, -0.25) is 15.8 Å². The van der Waals surface area contributed by atoms with Gasteiger partial charge in [0.2, 0.25) is 0 Å². The normalized spacial score (nSPS) is 11.5. The van der Waals surface area contributed by atoms with E-state index in [1.54, 1.807) is 18.3 Å². The Labute approximate surface area is 150 Å². The molecule has 0 aliphatic rings. The largest absolute Gasteiger partial charge is 0.404 e. The molecule has 0 fully saturated rings. The molecule has 0 atom stereocenters. The number of hydrogen-bond acceptors (Lipinski definition) is 6. The van der Waals surface area contributed by atoms with E-state index in [0.717, 1.165) is 27.7 Å². The zero-order valence-electron chi connectivity index (χ0n) is 14.3. The monoisotopic (exact) mass is 345 g/mol. The van der Waals surface area contributed by atoms with Crippen molar-refractivity contribution < 1.29 is 0 Å². The van der Waals surface area contributed by atoms with Crippen LogP contribution in [-0.2, 0) is 6.42 Å². The predicted molar refractivity (Wildman–Crippen MR) is 102 cm³/mol. The molecule has 0 saturated heterocycles. The van der Waals surface area contributed by atoms with Gasteiger partial charge in [-0.25, -0.2) is 4.68 Å². The summed E-state index contributed by atoms with van der Waals surface area (Å²) in [5, 5.41) is 28.8. The number of hydrogen-bond donors (Lipinski definition) is 4. The third-order valence-corrected chi connectivity index (χ3v) is 4.01. The standard InChI is InChI=1S/C19H19N7/c1-12-2-5-18(22)26(25-12)19(23)7-13-3-4-17-14(6-13)8-15(11-24-17)16(9-20)10-21/h2-6,8-11,20,22-23H,7,21H2,1H3/b16-10+,20-9?,22-18?,23-19?. The zero-order chi connectivity index (χ0) is 18.7. The molecule has 7 heteroatoms. The van der Waals surface area contributed by atoms with Crippen LogP contribution < -0.4 is 11.2 Å². The summed E-state index contributed by atoms with van der Waals surface area (Å²) in [6, 6.07) is 11.1. The van der Waals surface area contributed by atoms with E-state index in [1.807, 2.05) is 31.2 Å². The van der Waals surface area contributed by atoms with Gasteiger partial charge in [0.05, 0.1) is 11.2 Å². The molecular formula is C19H19N7. The second-order valence-electron chi connectivity index (χ2n) is 5.91. The molecule has 0 aliphatic carbocycles. The van der Waals surface area contributed by atoms with Gasteiger partial charge in [-0.2, -0.15) is 5.10 Å². The molecule has 0 unspecified atom stereocenters. The average Bonchev–Trinajstić information content (AvgIpc) is 2.64. The molecule has 0 aliphatic heterocycles. The molecule has 0 saturated carbocycles. The SMILES string of the molecule is Cc1ccc(=N)n(C(=N)Cc2ccc3ncc(/C(C=N)=C/N)cc3c2)n1. The number of nitrogens with two attached hydrogens (primary N) is 1. The molecule has 7 nitrogen and oxygen atoms in total. The van der Waals surface area contributed by atoms with Gasteiger partial charge in [0.15, 0.2) is 0 Å². The number of pyridine rings is 1. The van der Waals surface area contributed by atoms with Crippen molar-refractivity contribution >= 4 is 28.5 Å². The van der Waals surface area contributed by atoms with Crippen LogP contribution in [0.5, 0.6) is 0 Å². The highest BCUT2D eigenvalue weighted by Gasteiger charge is 2.07. The molecule has 1 aromatic carbocycles. The number of allylic oxidation sites excluding steroid dienone is 1. The summed E-state index contributed by atoms with van der Waals surface area (Å²) < 4.78 is 1.33. The van der Waals surface area contributed by atoms with Crippen LogP contribution >= 0.6 is 0 Å². The first-order valence-electron chi connectivity index (χ1n) is 8.02. The van der Waals surface area contributed by atoms with E-state index in [9.17, 15) is 0 Å². The summed E-state index contributed by atoms with van der Waals surface area (Å²) in [5.41, 5.74) is 9.59. The lowest BCUT2D eigenvalue weighted by atomic mass is 10.0. The molecule has 0 radical (unpaired) electrons. The van der Waals surface area contributed by atoms with E-state index in [1.165, 1.54) is 17.1 Å². The molecule has 130 valence electrons. The third kappa shape index (κ3) is 3.41. The van der Waals surface area contributed by atoms with Crippen LogP contribution in [0.2, 0.25) is 0 Å². The minimum absolute atomic E-state index is 0.175. The molecule has 0 amide bonds. The van der Waals surface area contributed by atoms with E-state index >= 15 is 0 Å². The number of rotatable bonds is 4. The fraction of sp³-hybridized carbons (Fsp3) is 0.105. The summed E-state index contributed by atoms with van der Waals surface area (Å²) >= 11 is 0. The highest BCUT2D eigenvalue weighted by atomic mass is 15.3. The van der Waals surface area contributed by atoms with Gasteiger partial charge in [-0.05, 0) is 42.8 Å². The Morgan fingerprint density at radius 3 is 2.77 bits per heavy atom. The maximum Gasteiger partial charge on any atom is 0.148 e. The highest BCUT2D eigenvalue weighted by molar-refractivity contribution is 6.08. The van der Waals surface area contributed by atoms with Crippen LogP contribution in [0.15, 0.2) is 48.8 Å². The first-order chi connectivity index (χ1) is 12.5. The van der Waals surface area contributed by atoms with Crippen molar-refractivity contribution in [1.82, 2.24) is 14.8 Å². The number of fused-ring (bicyclic) bond motifs is 1. The van der Waals surface area contributed by atoms with Crippen LogP contribution in [0.25, 0.3) is 16.5 Å². The summed E-state index contributed by atoms with van der Waals surface area (Å²) in [4.78, 5) is 4.40. The molecule has 2 heterocycles. The summed E-state index contributed by atoms with van der Waals surface area (Å²) in [5.74, 6) is 0.226.